The van der Waals surface area contributed by atoms with Gasteiger partial charge in [0.05, 0.1) is 17.0 Å². The summed E-state index contributed by atoms with van der Waals surface area (Å²) in [5.74, 6) is 0.233. The second kappa shape index (κ2) is 9.14. The van der Waals surface area contributed by atoms with E-state index in [0.717, 1.165) is 16.7 Å². The Balaban J connectivity index is 1.45. The van der Waals surface area contributed by atoms with Gasteiger partial charge in [0.2, 0.25) is 10.9 Å². The van der Waals surface area contributed by atoms with Crippen LogP contribution in [0.2, 0.25) is 5.02 Å². The number of nitrogens with zero attached hydrogens (tertiary/aromatic N) is 3. The molecule has 7 nitrogen and oxygen atoms in total. The SMILES string of the molecule is Cc1nnc(N2C(=O)c3oc4cc(C)c(Cl)cc4c(=O)c3C2c2ccc(OCc3ccccc3)cc2)s1. The number of fused-ring (bicyclic) bond motifs is 2. The molecule has 0 bridgehead atoms. The minimum atomic E-state index is -0.737. The van der Waals surface area contributed by atoms with E-state index in [0.29, 0.717) is 38.5 Å². The monoisotopic (exact) mass is 529 g/mol. The highest BCUT2D eigenvalue weighted by Gasteiger charge is 2.45. The number of hydrogen-bond donors (Lipinski definition) is 0. The van der Waals surface area contributed by atoms with Crippen molar-refractivity contribution >= 4 is 44.9 Å². The van der Waals surface area contributed by atoms with E-state index in [2.05, 4.69) is 10.2 Å². The molecule has 9 heteroatoms. The molecule has 0 radical (unpaired) electrons. The summed E-state index contributed by atoms with van der Waals surface area (Å²) in [5, 5.41) is 10.2. The van der Waals surface area contributed by atoms with Crippen molar-refractivity contribution in [3.05, 3.63) is 115 Å². The van der Waals surface area contributed by atoms with E-state index in [-0.39, 0.29) is 16.8 Å². The summed E-state index contributed by atoms with van der Waals surface area (Å²) in [7, 11) is 0. The molecular formula is C28H20ClN3O4S. The number of rotatable bonds is 5. The van der Waals surface area contributed by atoms with Crippen molar-refractivity contribution in [3.8, 4) is 5.75 Å². The minimum Gasteiger partial charge on any atom is -0.489 e. The highest BCUT2D eigenvalue weighted by atomic mass is 35.5. The molecule has 1 aliphatic heterocycles. The van der Waals surface area contributed by atoms with E-state index in [1.54, 1.807) is 12.1 Å². The fourth-order valence-corrected chi connectivity index (χ4v) is 5.35. The normalized spacial score (nSPS) is 14.8. The van der Waals surface area contributed by atoms with Crippen molar-refractivity contribution in [3.63, 3.8) is 0 Å². The molecule has 0 fully saturated rings. The third-order valence-electron chi connectivity index (χ3n) is 6.32. The van der Waals surface area contributed by atoms with Gasteiger partial charge < -0.3 is 9.15 Å². The Labute approximate surface area is 220 Å². The van der Waals surface area contributed by atoms with E-state index in [1.807, 2.05) is 68.4 Å². The lowest BCUT2D eigenvalue weighted by Crippen LogP contribution is -2.29. The molecule has 0 aliphatic carbocycles. The molecule has 0 spiro atoms. The lowest BCUT2D eigenvalue weighted by atomic mass is 9.98. The van der Waals surface area contributed by atoms with Gasteiger partial charge in [-0.25, -0.2) is 0 Å². The maximum Gasteiger partial charge on any atom is 0.297 e. The average molecular weight is 530 g/mol. The molecule has 0 saturated heterocycles. The minimum absolute atomic E-state index is 0.00137. The number of anilines is 1. The van der Waals surface area contributed by atoms with Gasteiger partial charge in [-0.1, -0.05) is 65.4 Å². The van der Waals surface area contributed by atoms with Crippen molar-refractivity contribution in [1.82, 2.24) is 10.2 Å². The predicted molar refractivity (Wildman–Crippen MR) is 143 cm³/mol. The zero-order chi connectivity index (χ0) is 25.7. The van der Waals surface area contributed by atoms with Crippen LogP contribution in [-0.4, -0.2) is 16.1 Å². The number of carbonyl (C=O) groups is 1. The first-order valence-electron chi connectivity index (χ1n) is 11.6. The second-order valence-electron chi connectivity index (χ2n) is 8.80. The Morgan fingerprint density at radius 3 is 2.49 bits per heavy atom. The number of carbonyl (C=O) groups excluding carboxylic acids is 1. The molecule has 1 unspecified atom stereocenters. The van der Waals surface area contributed by atoms with Gasteiger partial charge in [-0.05, 0) is 54.8 Å². The smallest absolute Gasteiger partial charge is 0.297 e. The van der Waals surface area contributed by atoms with Crippen molar-refractivity contribution < 1.29 is 13.9 Å². The van der Waals surface area contributed by atoms with Crippen molar-refractivity contribution in [2.75, 3.05) is 4.90 Å². The van der Waals surface area contributed by atoms with E-state index in [9.17, 15) is 9.59 Å². The largest absolute Gasteiger partial charge is 0.489 e. The van der Waals surface area contributed by atoms with Gasteiger partial charge in [0.25, 0.3) is 5.91 Å². The number of benzene rings is 3. The van der Waals surface area contributed by atoms with Crippen LogP contribution in [0.1, 0.15) is 43.9 Å². The molecule has 0 saturated carbocycles. The number of aryl methyl sites for hydroxylation is 2. The fourth-order valence-electron chi connectivity index (χ4n) is 4.48. The van der Waals surface area contributed by atoms with E-state index in [4.69, 9.17) is 20.8 Å². The van der Waals surface area contributed by atoms with E-state index < -0.39 is 11.9 Å². The van der Waals surface area contributed by atoms with Crippen LogP contribution < -0.4 is 15.1 Å². The van der Waals surface area contributed by atoms with Gasteiger partial charge in [-0.15, -0.1) is 10.2 Å². The molecule has 6 rings (SSSR count). The summed E-state index contributed by atoms with van der Waals surface area (Å²) in [6.07, 6.45) is 0. The van der Waals surface area contributed by atoms with E-state index in [1.165, 1.54) is 16.2 Å². The summed E-state index contributed by atoms with van der Waals surface area (Å²) in [6, 6.07) is 19.8. The van der Waals surface area contributed by atoms with Crippen molar-refractivity contribution in [2.45, 2.75) is 26.5 Å². The first-order chi connectivity index (χ1) is 17.9. The second-order valence-corrected chi connectivity index (χ2v) is 10.4. The summed E-state index contributed by atoms with van der Waals surface area (Å²) < 4.78 is 12.0. The molecule has 0 N–H and O–H groups in total. The first kappa shape index (κ1) is 23.4. The number of halogens is 1. The van der Waals surface area contributed by atoms with Gasteiger partial charge in [-0.3, -0.25) is 14.5 Å². The van der Waals surface area contributed by atoms with Crippen LogP contribution in [0, 0.1) is 13.8 Å². The number of hydrogen-bond acceptors (Lipinski definition) is 7. The molecular weight excluding hydrogens is 510 g/mol. The number of aromatic nitrogens is 2. The third-order valence-corrected chi connectivity index (χ3v) is 7.56. The summed E-state index contributed by atoms with van der Waals surface area (Å²) in [5.41, 5.74) is 2.79. The molecule has 1 amide bonds. The van der Waals surface area contributed by atoms with Crippen LogP contribution in [0.3, 0.4) is 0 Å². The number of ether oxygens (including phenoxy) is 1. The molecule has 37 heavy (non-hydrogen) atoms. The van der Waals surface area contributed by atoms with Gasteiger partial charge in [-0.2, -0.15) is 0 Å². The molecule has 184 valence electrons. The van der Waals surface area contributed by atoms with Gasteiger partial charge in [0, 0.05) is 5.02 Å². The molecule has 3 aromatic carbocycles. The van der Waals surface area contributed by atoms with Crippen LogP contribution >= 0.6 is 22.9 Å². The van der Waals surface area contributed by atoms with Crippen LogP contribution in [-0.2, 0) is 6.61 Å². The van der Waals surface area contributed by atoms with Crippen molar-refractivity contribution in [1.29, 1.82) is 0 Å². The summed E-state index contributed by atoms with van der Waals surface area (Å²) in [6.45, 7) is 4.06. The zero-order valence-corrected chi connectivity index (χ0v) is 21.5. The zero-order valence-electron chi connectivity index (χ0n) is 19.9. The molecule has 3 heterocycles. The molecule has 1 aliphatic rings. The van der Waals surface area contributed by atoms with Crippen LogP contribution in [0.15, 0.2) is 75.9 Å². The molecule has 1 atom stereocenters. The standard InChI is InChI=1S/C28H20ClN3O4S/c1-15-12-22-20(13-21(15)29)25(33)23-24(32(27(34)26(23)36-22)28-31-30-16(2)37-28)18-8-10-19(11-9-18)35-14-17-6-4-3-5-7-17/h3-13,24H,14H2,1-2H3. The topological polar surface area (TPSA) is 85.5 Å². The Kier molecular flexibility index (Phi) is 5.78. The Morgan fingerprint density at radius 1 is 1.03 bits per heavy atom. The summed E-state index contributed by atoms with van der Waals surface area (Å²) in [4.78, 5) is 28.9. The Bertz CT molecular complexity index is 1710. The van der Waals surface area contributed by atoms with Crippen LogP contribution in [0.4, 0.5) is 5.13 Å². The third kappa shape index (κ3) is 4.08. The fraction of sp³-hybridized carbons (Fsp3) is 0.143. The maximum absolute atomic E-state index is 13.8. The first-order valence-corrected chi connectivity index (χ1v) is 12.8. The highest BCUT2D eigenvalue weighted by Crippen LogP contribution is 2.42. The summed E-state index contributed by atoms with van der Waals surface area (Å²) >= 11 is 7.60. The Hall–Kier alpha value is -4.01. The van der Waals surface area contributed by atoms with Gasteiger partial charge >= 0.3 is 0 Å². The Morgan fingerprint density at radius 2 is 1.78 bits per heavy atom. The van der Waals surface area contributed by atoms with Crippen molar-refractivity contribution in [2.24, 2.45) is 0 Å². The van der Waals surface area contributed by atoms with Gasteiger partial charge in [0.1, 0.15) is 22.9 Å². The predicted octanol–water partition coefficient (Wildman–Crippen LogP) is 6.24. The quantitative estimate of drug-likeness (QED) is 0.268. The van der Waals surface area contributed by atoms with Crippen LogP contribution in [0.5, 0.6) is 5.75 Å². The highest BCUT2D eigenvalue weighted by molar-refractivity contribution is 7.15. The molecule has 5 aromatic rings. The number of amides is 1. The van der Waals surface area contributed by atoms with E-state index >= 15 is 0 Å². The lowest BCUT2D eigenvalue weighted by Gasteiger charge is -2.22. The van der Waals surface area contributed by atoms with Crippen LogP contribution in [0.25, 0.3) is 11.0 Å². The molecule has 2 aromatic heterocycles. The average Bonchev–Trinajstić information content (AvgIpc) is 3.46. The lowest BCUT2D eigenvalue weighted by molar-refractivity contribution is 0.0970. The van der Waals surface area contributed by atoms with Gasteiger partial charge in [0.15, 0.2) is 5.43 Å². The maximum atomic E-state index is 13.8.